The van der Waals surface area contributed by atoms with Gasteiger partial charge < -0.3 is 15.4 Å². The first-order valence-electron chi connectivity index (χ1n) is 8.38. The lowest BCUT2D eigenvalue weighted by Crippen LogP contribution is -2.40. The lowest BCUT2D eigenvalue weighted by molar-refractivity contribution is 0.0730. The normalized spacial score (nSPS) is 15.3. The lowest BCUT2D eigenvalue weighted by Gasteiger charge is -2.26. The zero-order chi connectivity index (χ0) is 19.4. The van der Waals surface area contributed by atoms with Crippen molar-refractivity contribution < 1.29 is 13.2 Å². The van der Waals surface area contributed by atoms with Gasteiger partial charge in [0, 0.05) is 29.5 Å². The van der Waals surface area contributed by atoms with Crippen molar-refractivity contribution in [2.75, 3.05) is 36.9 Å². The van der Waals surface area contributed by atoms with Crippen LogP contribution in [0.3, 0.4) is 0 Å². The van der Waals surface area contributed by atoms with Crippen LogP contribution in [0, 0.1) is 6.92 Å². The van der Waals surface area contributed by atoms with Gasteiger partial charge in [0.05, 0.1) is 18.1 Å². The quantitative estimate of drug-likeness (QED) is 0.731. The molecule has 1 saturated heterocycles. The third-order valence-corrected chi connectivity index (χ3v) is 6.67. The van der Waals surface area contributed by atoms with Crippen molar-refractivity contribution in [1.82, 2.24) is 4.31 Å². The first kappa shape index (κ1) is 20.0. The molecule has 27 heavy (non-hydrogen) atoms. The highest BCUT2D eigenvalue weighted by Crippen LogP contribution is 2.21. The Bertz CT molecular complexity index is 927. The fourth-order valence-electron chi connectivity index (χ4n) is 2.61. The Balaban J connectivity index is 1.64. The van der Waals surface area contributed by atoms with Crippen LogP contribution < -0.4 is 10.6 Å². The van der Waals surface area contributed by atoms with Gasteiger partial charge in [-0.25, -0.2) is 8.42 Å². The number of anilines is 2. The van der Waals surface area contributed by atoms with E-state index in [-0.39, 0.29) is 4.90 Å². The third kappa shape index (κ3) is 4.97. The fraction of sp³-hybridized carbons (Fsp3) is 0.278. The Hall–Kier alpha value is -1.71. The number of hydrogen-bond acceptors (Lipinski definition) is 4. The van der Waals surface area contributed by atoms with Gasteiger partial charge in [-0.05, 0) is 61.1 Å². The summed E-state index contributed by atoms with van der Waals surface area (Å²) in [5.74, 6) is 0. The monoisotopic (exact) mass is 425 g/mol. The molecule has 2 aromatic carbocycles. The predicted molar refractivity (Wildman–Crippen MR) is 112 cm³/mol. The number of rotatable bonds is 4. The van der Waals surface area contributed by atoms with E-state index in [1.54, 1.807) is 30.3 Å². The van der Waals surface area contributed by atoms with Crippen molar-refractivity contribution in [2.45, 2.75) is 11.8 Å². The Labute approximate surface area is 169 Å². The summed E-state index contributed by atoms with van der Waals surface area (Å²) >= 11 is 11.4. The summed E-state index contributed by atoms with van der Waals surface area (Å²) in [6.45, 7) is 3.50. The summed E-state index contributed by atoms with van der Waals surface area (Å²) in [5.41, 5.74) is 2.44. The average molecular weight is 426 g/mol. The van der Waals surface area contributed by atoms with Crippen LogP contribution >= 0.6 is 23.8 Å². The van der Waals surface area contributed by atoms with Crippen LogP contribution in [0.4, 0.5) is 11.4 Å². The smallest absolute Gasteiger partial charge is 0.243 e. The number of nitrogens with zero attached hydrogens (tertiary/aromatic N) is 1. The van der Waals surface area contributed by atoms with E-state index in [1.807, 2.05) is 19.1 Å². The standard InChI is InChI=1S/C18H20ClN3O3S2/c1-13-2-3-15(12-17(13)19)21-18(26)20-14-4-6-16(7-5-14)27(23,24)22-8-10-25-11-9-22/h2-7,12H,8-11H2,1H3,(H2,20,21,26). The number of benzene rings is 2. The molecule has 0 spiro atoms. The molecule has 6 nitrogen and oxygen atoms in total. The Morgan fingerprint density at radius 2 is 1.67 bits per heavy atom. The summed E-state index contributed by atoms with van der Waals surface area (Å²) < 4.78 is 31.9. The summed E-state index contributed by atoms with van der Waals surface area (Å²) in [4.78, 5) is 0.249. The van der Waals surface area contributed by atoms with Gasteiger partial charge in [-0.3, -0.25) is 0 Å². The van der Waals surface area contributed by atoms with E-state index in [2.05, 4.69) is 10.6 Å². The molecule has 0 radical (unpaired) electrons. The first-order chi connectivity index (χ1) is 12.9. The van der Waals surface area contributed by atoms with E-state index in [0.717, 1.165) is 11.3 Å². The molecule has 2 aromatic rings. The van der Waals surface area contributed by atoms with Crippen molar-refractivity contribution in [2.24, 2.45) is 0 Å². The number of halogens is 1. The first-order valence-corrected chi connectivity index (χ1v) is 10.6. The molecule has 0 aliphatic carbocycles. The van der Waals surface area contributed by atoms with Crippen LogP contribution in [-0.2, 0) is 14.8 Å². The van der Waals surface area contributed by atoms with Gasteiger partial charge in [0.15, 0.2) is 5.11 Å². The molecule has 1 heterocycles. The van der Waals surface area contributed by atoms with Crippen LogP contribution in [0.25, 0.3) is 0 Å². The number of thiocarbonyl (C=S) groups is 1. The maximum atomic E-state index is 12.6. The zero-order valence-electron chi connectivity index (χ0n) is 14.7. The van der Waals surface area contributed by atoms with Gasteiger partial charge in [-0.2, -0.15) is 4.31 Å². The van der Waals surface area contributed by atoms with Crippen LogP contribution in [0.15, 0.2) is 47.4 Å². The van der Waals surface area contributed by atoms with Crippen molar-refractivity contribution >= 4 is 50.3 Å². The number of aryl methyl sites for hydroxylation is 1. The molecular weight excluding hydrogens is 406 g/mol. The molecule has 3 rings (SSSR count). The molecule has 1 fully saturated rings. The summed E-state index contributed by atoms with van der Waals surface area (Å²) in [5, 5.41) is 7.12. The van der Waals surface area contributed by atoms with E-state index >= 15 is 0 Å². The second-order valence-corrected chi connectivity index (χ2v) is 8.84. The lowest BCUT2D eigenvalue weighted by atomic mass is 10.2. The van der Waals surface area contributed by atoms with Crippen LogP contribution in [0.2, 0.25) is 5.02 Å². The second-order valence-electron chi connectivity index (χ2n) is 6.08. The largest absolute Gasteiger partial charge is 0.379 e. The van der Waals surface area contributed by atoms with Crippen molar-refractivity contribution in [3.05, 3.63) is 53.1 Å². The van der Waals surface area contributed by atoms with E-state index in [0.29, 0.717) is 42.1 Å². The molecule has 0 bridgehead atoms. The van der Waals surface area contributed by atoms with Crippen molar-refractivity contribution in [3.8, 4) is 0 Å². The zero-order valence-corrected chi connectivity index (χ0v) is 17.1. The number of hydrogen-bond donors (Lipinski definition) is 2. The number of sulfonamides is 1. The molecule has 1 aliphatic rings. The third-order valence-electron chi connectivity index (χ3n) is 4.15. The minimum Gasteiger partial charge on any atom is -0.379 e. The summed E-state index contributed by atoms with van der Waals surface area (Å²) in [7, 11) is -3.50. The Morgan fingerprint density at radius 3 is 2.30 bits per heavy atom. The maximum absolute atomic E-state index is 12.6. The topological polar surface area (TPSA) is 70.7 Å². The van der Waals surface area contributed by atoms with Gasteiger partial charge in [-0.1, -0.05) is 17.7 Å². The molecule has 0 saturated carbocycles. The number of ether oxygens (including phenoxy) is 1. The second kappa shape index (κ2) is 8.53. The molecule has 0 unspecified atom stereocenters. The van der Waals surface area contributed by atoms with Gasteiger partial charge in [0.25, 0.3) is 0 Å². The van der Waals surface area contributed by atoms with E-state index in [1.165, 1.54) is 4.31 Å². The highest BCUT2D eigenvalue weighted by atomic mass is 35.5. The van der Waals surface area contributed by atoms with Gasteiger partial charge in [-0.15, -0.1) is 0 Å². The fourth-order valence-corrected chi connectivity index (χ4v) is 4.43. The minimum absolute atomic E-state index is 0.249. The number of nitrogens with one attached hydrogen (secondary N) is 2. The molecule has 0 atom stereocenters. The SMILES string of the molecule is Cc1ccc(NC(=S)Nc2ccc(S(=O)(=O)N3CCOCC3)cc2)cc1Cl. The maximum Gasteiger partial charge on any atom is 0.243 e. The van der Waals surface area contributed by atoms with Gasteiger partial charge in [0.1, 0.15) is 0 Å². The predicted octanol–water partition coefficient (Wildman–Crippen LogP) is 3.48. The molecule has 0 amide bonds. The Morgan fingerprint density at radius 1 is 1.07 bits per heavy atom. The number of morpholine rings is 1. The van der Waals surface area contributed by atoms with Gasteiger partial charge >= 0.3 is 0 Å². The minimum atomic E-state index is -3.50. The van der Waals surface area contributed by atoms with Crippen LogP contribution in [-0.4, -0.2) is 44.1 Å². The Kier molecular flexibility index (Phi) is 6.33. The van der Waals surface area contributed by atoms with Crippen LogP contribution in [0.5, 0.6) is 0 Å². The molecule has 2 N–H and O–H groups in total. The molecule has 1 aliphatic heterocycles. The highest BCUT2D eigenvalue weighted by Gasteiger charge is 2.26. The van der Waals surface area contributed by atoms with E-state index < -0.39 is 10.0 Å². The summed E-state index contributed by atoms with van der Waals surface area (Å²) in [6, 6.07) is 12.1. The molecular formula is C18H20ClN3O3S2. The molecule has 144 valence electrons. The van der Waals surface area contributed by atoms with Crippen molar-refractivity contribution in [3.63, 3.8) is 0 Å². The van der Waals surface area contributed by atoms with E-state index in [4.69, 9.17) is 28.6 Å². The average Bonchev–Trinajstić information content (AvgIpc) is 2.66. The summed E-state index contributed by atoms with van der Waals surface area (Å²) in [6.07, 6.45) is 0. The van der Waals surface area contributed by atoms with Crippen molar-refractivity contribution in [1.29, 1.82) is 0 Å². The van der Waals surface area contributed by atoms with Crippen LogP contribution in [0.1, 0.15) is 5.56 Å². The van der Waals surface area contributed by atoms with E-state index in [9.17, 15) is 8.42 Å². The molecule has 9 heteroatoms. The van der Waals surface area contributed by atoms with Gasteiger partial charge in [0.2, 0.25) is 10.0 Å². The highest BCUT2D eigenvalue weighted by molar-refractivity contribution is 7.89. The molecule has 0 aromatic heterocycles.